The number of nitrogens with zero attached hydrogens (tertiary/aromatic N) is 2. The predicted octanol–water partition coefficient (Wildman–Crippen LogP) is 1.38. The number of carbonyl (C=O) groups excluding carboxylic acids is 1. The minimum absolute atomic E-state index is 0.192. The van der Waals surface area contributed by atoms with Crippen LogP contribution in [0, 0.1) is 0 Å². The summed E-state index contributed by atoms with van der Waals surface area (Å²) < 4.78 is 11.8. The maximum Gasteiger partial charge on any atom is 0.360 e. The smallest absolute Gasteiger partial charge is 0.360 e. The fourth-order valence-electron chi connectivity index (χ4n) is 2.42. The van der Waals surface area contributed by atoms with Crippen LogP contribution in [0.5, 0.6) is 0 Å². The number of esters is 1. The van der Waals surface area contributed by atoms with Crippen molar-refractivity contribution in [3.8, 4) is 0 Å². The number of methoxy groups -OCH3 is 2. The summed E-state index contributed by atoms with van der Waals surface area (Å²) in [5, 5.41) is 4.23. The van der Waals surface area contributed by atoms with Crippen LogP contribution >= 0.6 is 0 Å². The van der Waals surface area contributed by atoms with Gasteiger partial charge in [-0.3, -0.25) is 4.68 Å². The van der Waals surface area contributed by atoms with Crippen molar-refractivity contribution in [1.82, 2.24) is 9.78 Å². The molecule has 0 amide bonds. The average molecular weight is 253 g/mol. The number of rotatable bonds is 3. The molecule has 2 unspecified atom stereocenters. The Morgan fingerprint density at radius 1 is 1.50 bits per heavy atom. The molecule has 0 aliphatic heterocycles. The van der Waals surface area contributed by atoms with Crippen LogP contribution in [0.1, 0.15) is 42.2 Å². The van der Waals surface area contributed by atoms with Crippen LogP contribution in [0.25, 0.3) is 0 Å². The van der Waals surface area contributed by atoms with Crippen LogP contribution < -0.4 is 5.73 Å². The van der Waals surface area contributed by atoms with E-state index < -0.39 is 5.97 Å². The van der Waals surface area contributed by atoms with E-state index in [0.29, 0.717) is 5.69 Å². The molecule has 2 atom stereocenters. The minimum atomic E-state index is -0.495. The van der Waals surface area contributed by atoms with Crippen molar-refractivity contribution < 1.29 is 14.3 Å². The molecule has 1 fully saturated rings. The number of nitrogens with two attached hydrogens (primary N) is 1. The van der Waals surface area contributed by atoms with Gasteiger partial charge in [0.05, 0.1) is 24.9 Å². The quantitative estimate of drug-likeness (QED) is 0.823. The molecule has 100 valence electrons. The highest BCUT2D eigenvalue weighted by atomic mass is 16.5. The van der Waals surface area contributed by atoms with Crippen molar-refractivity contribution in [3.63, 3.8) is 0 Å². The van der Waals surface area contributed by atoms with Crippen LogP contribution in [0.4, 0.5) is 5.69 Å². The van der Waals surface area contributed by atoms with Crippen molar-refractivity contribution in [1.29, 1.82) is 0 Å². The number of hydrogen-bond donors (Lipinski definition) is 1. The maximum absolute atomic E-state index is 11.4. The third kappa shape index (κ3) is 2.48. The number of anilines is 1. The Kier molecular flexibility index (Phi) is 3.86. The molecule has 1 heterocycles. The Bertz CT molecular complexity index is 430. The van der Waals surface area contributed by atoms with E-state index in [1.807, 2.05) is 0 Å². The number of nitrogen functional groups attached to an aromatic ring is 1. The summed E-state index contributed by atoms with van der Waals surface area (Å²) in [6.45, 7) is 0. The lowest BCUT2D eigenvalue weighted by atomic mass is 9.93. The van der Waals surface area contributed by atoms with E-state index in [0.717, 1.165) is 25.7 Å². The molecule has 0 saturated heterocycles. The lowest BCUT2D eigenvalue weighted by molar-refractivity contribution is 0.0502. The summed E-state index contributed by atoms with van der Waals surface area (Å²) in [4.78, 5) is 11.4. The summed E-state index contributed by atoms with van der Waals surface area (Å²) >= 11 is 0. The largest absolute Gasteiger partial charge is 0.464 e. The molecule has 18 heavy (non-hydrogen) atoms. The molecule has 2 rings (SSSR count). The SMILES string of the molecule is COC(=O)c1nn(C2CCCC(OC)C2)cc1N. The van der Waals surface area contributed by atoms with Gasteiger partial charge < -0.3 is 15.2 Å². The van der Waals surface area contributed by atoms with Gasteiger partial charge in [-0.15, -0.1) is 0 Å². The first kappa shape index (κ1) is 12.9. The van der Waals surface area contributed by atoms with Crippen molar-refractivity contribution in [2.75, 3.05) is 20.0 Å². The highest BCUT2D eigenvalue weighted by Crippen LogP contribution is 2.30. The molecule has 1 aromatic heterocycles. The highest BCUT2D eigenvalue weighted by Gasteiger charge is 2.25. The Balaban J connectivity index is 2.16. The number of aromatic nitrogens is 2. The molecule has 0 spiro atoms. The van der Waals surface area contributed by atoms with Gasteiger partial charge in [0.1, 0.15) is 0 Å². The van der Waals surface area contributed by atoms with E-state index >= 15 is 0 Å². The molecular weight excluding hydrogens is 234 g/mol. The Morgan fingerprint density at radius 3 is 2.94 bits per heavy atom. The minimum Gasteiger partial charge on any atom is -0.464 e. The van der Waals surface area contributed by atoms with Gasteiger partial charge in [0.2, 0.25) is 0 Å². The molecule has 1 aromatic rings. The zero-order chi connectivity index (χ0) is 13.1. The van der Waals surface area contributed by atoms with E-state index in [2.05, 4.69) is 9.84 Å². The predicted molar refractivity (Wildman–Crippen MR) is 66.3 cm³/mol. The lowest BCUT2D eigenvalue weighted by Gasteiger charge is -2.28. The van der Waals surface area contributed by atoms with Gasteiger partial charge in [0.25, 0.3) is 0 Å². The second-order valence-corrected chi connectivity index (χ2v) is 4.58. The third-order valence-electron chi connectivity index (χ3n) is 3.44. The topological polar surface area (TPSA) is 79.4 Å². The zero-order valence-electron chi connectivity index (χ0n) is 10.8. The van der Waals surface area contributed by atoms with Gasteiger partial charge in [-0.05, 0) is 25.7 Å². The fourth-order valence-corrected chi connectivity index (χ4v) is 2.42. The molecule has 6 nitrogen and oxygen atoms in total. The lowest BCUT2D eigenvalue weighted by Crippen LogP contribution is -2.24. The molecule has 0 aromatic carbocycles. The maximum atomic E-state index is 11.4. The Labute approximate surface area is 106 Å². The van der Waals surface area contributed by atoms with E-state index in [4.69, 9.17) is 10.5 Å². The molecule has 1 saturated carbocycles. The molecule has 1 aliphatic rings. The summed E-state index contributed by atoms with van der Waals surface area (Å²) in [5.74, 6) is -0.495. The van der Waals surface area contributed by atoms with E-state index in [-0.39, 0.29) is 17.8 Å². The van der Waals surface area contributed by atoms with Gasteiger partial charge in [-0.25, -0.2) is 4.79 Å². The van der Waals surface area contributed by atoms with Crippen LogP contribution in [-0.4, -0.2) is 36.1 Å². The Morgan fingerprint density at radius 2 is 2.28 bits per heavy atom. The monoisotopic (exact) mass is 253 g/mol. The van der Waals surface area contributed by atoms with Gasteiger partial charge in [-0.2, -0.15) is 5.10 Å². The van der Waals surface area contributed by atoms with E-state index in [1.165, 1.54) is 7.11 Å². The second kappa shape index (κ2) is 5.39. The molecule has 1 aliphatic carbocycles. The molecule has 6 heteroatoms. The standard InChI is InChI=1S/C12H19N3O3/c1-17-9-5-3-4-8(6-9)15-7-10(13)11(14-15)12(16)18-2/h7-9H,3-6,13H2,1-2H3. The molecule has 2 N–H and O–H groups in total. The second-order valence-electron chi connectivity index (χ2n) is 4.58. The van der Waals surface area contributed by atoms with Crippen molar-refractivity contribution >= 4 is 11.7 Å². The summed E-state index contributed by atoms with van der Waals surface area (Å²) in [6.07, 6.45) is 6.06. The van der Waals surface area contributed by atoms with Crippen molar-refractivity contribution in [2.45, 2.75) is 37.8 Å². The zero-order valence-corrected chi connectivity index (χ0v) is 10.8. The van der Waals surface area contributed by atoms with Crippen LogP contribution in [0.2, 0.25) is 0 Å². The summed E-state index contributed by atoms with van der Waals surface area (Å²) in [5.41, 5.74) is 6.33. The van der Waals surface area contributed by atoms with Crippen LogP contribution in [0.15, 0.2) is 6.20 Å². The fraction of sp³-hybridized carbons (Fsp3) is 0.667. The Hall–Kier alpha value is -1.56. The molecule has 0 radical (unpaired) electrons. The van der Waals surface area contributed by atoms with E-state index in [9.17, 15) is 4.79 Å². The summed E-state index contributed by atoms with van der Waals surface area (Å²) in [7, 11) is 3.05. The number of hydrogen-bond acceptors (Lipinski definition) is 5. The van der Waals surface area contributed by atoms with Crippen molar-refractivity contribution in [3.05, 3.63) is 11.9 Å². The third-order valence-corrected chi connectivity index (χ3v) is 3.44. The normalized spacial score (nSPS) is 23.9. The molecular formula is C12H19N3O3. The van der Waals surface area contributed by atoms with Gasteiger partial charge in [-0.1, -0.05) is 0 Å². The van der Waals surface area contributed by atoms with Gasteiger partial charge in [0.15, 0.2) is 5.69 Å². The first-order valence-corrected chi connectivity index (χ1v) is 6.11. The number of ether oxygens (including phenoxy) is 2. The van der Waals surface area contributed by atoms with Gasteiger partial charge in [0, 0.05) is 13.3 Å². The first-order chi connectivity index (χ1) is 8.65. The number of carbonyl (C=O) groups is 1. The van der Waals surface area contributed by atoms with Gasteiger partial charge >= 0.3 is 5.97 Å². The van der Waals surface area contributed by atoms with E-state index in [1.54, 1.807) is 18.0 Å². The average Bonchev–Trinajstić information content (AvgIpc) is 2.80. The van der Waals surface area contributed by atoms with Crippen LogP contribution in [-0.2, 0) is 9.47 Å². The molecule has 0 bridgehead atoms. The van der Waals surface area contributed by atoms with Crippen LogP contribution in [0.3, 0.4) is 0 Å². The summed E-state index contributed by atoms with van der Waals surface area (Å²) in [6, 6.07) is 0.240. The van der Waals surface area contributed by atoms with Crippen molar-refractivity contribution in [2.24, 2.45) is 0 Å². The first-order valence-electron chi connectivity index (χ1n) is 6.11. The highest BCUT2D eigenvalue weighted by molar-refractivity contribution is 5.92.